The third-order valence-electron chi connectivity index (χ3n) is 0.840. The molecule has 0 aliphatic carbocycles. The van der Waals surface area contributed by atoms with Crippen molar-refractivity contribution in [3.8, 4) is 0 Å². The highest BCUT2D eigenvalue weighted by Gasteiger charge is 2.12. The molecule has 0 aromatic carbocycles. The number of halogens is 1. The average molecular weight is 257 g/mol. The van der Waals surface area contributed by atoms with Gasteiger partial charge in [-0.05, 0) is 13.8 Å². The van der Waals surface area contributed by atoms with E-state index >= 15 is 0 Å². The van der Waals surface area contributed by atoms with Gasteiger partial charge < -0.3 is 10.4 Å². The maximum atomic E-state index is 10.6. The second-order valence-electron chi connectivity index (χ2n) is 2.72. The van der Waals surface area contributed by atoms with E-state index in [4.69, 9.17) is 5.11 Å². The standard InChI is InChI=1S/C6H12INO2/c1-6(2,10)4-8-5(9)3-7/h10H,3-4H2,1-2H3,(H,8,9). The quantitative estimate of drug-likeness (QED) is 0.564. The lowest BCUT2D eigenvalue weighted by Gasteiger charge is -2.16. The SMILES string of the molecule is CC(C)(O)CNC(=O)CI. The van der Waals surface area contributed by atoms with Crippen LogP contribution in [0.5, 0.6) is 0 Å². The first-order valence-electron chi connectivity index (χ1n) is 3.01. The predicted octanol–water partition coefficient (Wildman–Crippen LogP) is 0.308. The third kappa shape index (κ3) is 6.28. The summed E-state index contributed by atoms with van der Waals surface area (Å²) in [6, 6.07) is 0. The van der Waals surface area contributed by atoms with Crippen molar-refractivity contribution in [2.24, 2.45) is 0 Å². The highest BCUT2D eigenvalue weighted by molar-refractivity contribution is 14.1. The second kappa shape index (κ2) is 4.12. The first-order valence-corrected chi connectivity index (χ1v) is 4.53. The summed E-state index contributed by atoms with van der Waals surface area (Å²) in [6.07, 6.45) is 0. The van der Waals surface area contributed by atoms with Crippen molar-refractivity contribution in [2.75, 3.05) is 11.0 Å². The van der Waals surface area contributed by atoms with Crippen molar-refractivity contribution >= 4 is 28.5 Å². The van der Waals surface area contributed by atoms with Gasteiger partial charge in [0.05, 0.1) is 10.0 Å². The Morgan fingerprint density at radius 1 is 1.70 bits per heavy atom. The summed E-state index contributed by atoms with van der Waals surface area (Å²) >= 11 is 1.97. The van der Waals surface area contributed by atoms with Crippen molar-refractivity contribution in [2.45, 2.75) is 19.4 Å². The summed E-state index contributed by atoms with van der Waals surface area (Å²) in [5.74, 6) is -0.0391. The normalized spacial score (nSPS) is 11.2. The number of aliphatic hydroxyl groups is 1. The maximum absolute atomic E-state index is 10.6. The Bertz CT molecular complexity index is 119. The van der Waals surface area contributed by atoms with E-state index in [1.807, 2.05) is 22.6 Å². The number of hydrogen-bond acceptors (Lipinski definition) is 2. The zero-order chi connectivity index (χ0) is 8.20. The molecular weight excluding hydrogens is 245 g/mol. The number of carbonyl (C=O) groups excluding carboxylic acids is 1. The van der Waals surface area contributed by atoms with Gasteiger partial charge in [-0.3, -0.25) is 4.79 Å². The van der Waals surface area contributed by atoms with Gasteiger partial charge in [-0.15, -0.1) is 0 Å². The molecule has 0 aromatic rings. The number of amides is 1. The van der Waals surface area contributed by atoms with E-state index in [9.17, 15) is 4.79 Å². The maximum Gasteiger partial charge on any atom is 0.229 e. The van der Waals surface area contributed by atoms with Crippen molar-refractivity contribution in [1.82, 2.24) is 5.32 Å². The zero-order valence-corrected chi connectivity index (χ0v) is 8.31. The van der Waals surface area contributed by atoms with E-state index in [1.54, 1.807) is 13.8 Å². The molecule has 0 aliphatic heterocycles. The molecule has 0 unspecified atom stereocenters. The Morgan fingerprint density at radius 3 is 2.50 bits per heavy atom. The molecule has 0 rings (SSSR count). The van der Waals surface area contributed by atoms with Crippen LogP contribution in [0.1, 0.15) is 13.8 Å². The van der Waals surface area contributed by atoms with Gasteiger partial charge in [-0.25, -0.2) is 0 Å². The van der Waals surface area contributed by atoms with Crippen LogP contribution in [0.15, 0.2) is 0 Å². The molecule has 0 aliphatic rings. The van der Waals surface area contributed by atoms with Crippen LogP contribution in [0, 0.1) is 0 Å². The Balaban J connectivity index is 3.46. The molecule has 0 aromatic heterocycles. The average Bonchev–Trinajstić information content (AvgIpc) is 1.81. The van der Waals surface area contributed by atoms with Gasteiger partial charge in [0.2, 0.25) is 5.91 Å². The fraction of sp³-hybridized carbons (Fsp3) is 0.833. The molecule has 0 spiro atoms. The van der Waals surface area contributed by atoms with Crippen LogP contribution in [0.4, 0.5) is 0 Å². The molecule has 0 fully saturated rings. The van der Waals surface area contributed by atoms with Gasteiger partial charge >= 0.3 is 0 Å². The van der Waals surface area contributed by atoms with Crippen LogP contribution in [0.3, 0.4) is 0 Å². The summed E-state index contributed by atoms with van der Waals surface area (Å²) in [7, 11) is 0. The van der Waals surface area contributed by atoms with Crippen molar-refractivity contribution in [3.05, 3.63) is 0 Å². The van der Waals surface area contributed by atoms with Gasteiger partial charge in [-0.1, -0.05) is 22.6 Å². The molecule has 0 saturated heterocycles. The number of hydrogen-bond donors (Lipinski definition) is 2. The minimum absolute atomic E-state index is 0.0391. The van der Waals surface area contributed by atoms with Crippen LogP contribution < -0.4 is 5.32 Å². The molecule has 0 atom stereocenters. The number of nitrogens with one attached hydrogen (secondary N) is 1. The molecule has 0 saturated carbocycles. The summed E-state index contributed by atoms with van der Waals surface area (Å²) in [6.45, 7) is 3.62. The molecule has 0 heterocycles. The van der Waals surface area contributed by atoms with Crippen molar-refractivity contribution in [3.63, 3.8) is 0 Å². The molecule has 2 N–H and O–H groups in total. The molecule has 60 valence electrons. The van der Waals surface area contributed by atoms with Crippen LogP contribution in [-0.2, 0) is 4.79 Å². The van der Waals surface area contributed by atoms with Gasteiger partial charge in [0, 0.05) is 6.54 Å². The van der Waals surface area contributed by atoms with Crippen molar-refractivity contribution < 1.29 is 9.90 Å². The molecule has 3 nitrogen and oxygen atoms in total. The fourth-order valence-electron chi connectivity index (χ4n) is 0.362. The third-order valence-corrected chi connectivity index (χ3v) is 1.53. The number of rotatable bonds is 3. The van der Waals surface area contributed by atoms with Gasteiger partial charge in [0.25, 0.3) is 0 Å². The number of alkyl halides is 1. The Morgan fingerprint density at radius 2 is 2.20 bits per heavy atom. The lowest BCUT2D eigenvalue weighted by atomic mass is 10.1. The second-order valence-corrected chi connectivity index (χ2v) is 3.49. The molecule has 10 heavy (non-hydrogen) atoms. The highest BCUT2D eigenvalue weighted by Crippen LogP contribution is 1.96. The van der Waals surface area contributed by atoms with Gasteiger partial charge in [0.15, 0.2) is 0 Å². The fourth-order valence-corrected chi connectivity index (χ4v) is 0.632. The summed E-state index contributed by atoms with van der Waals surface area (Å²) in [5, 5.41) is 11.7. The zero-order valence-electron chi connectivity index (χ0n) is 6.15. The number of carbonyl (C=O) groups is 1. The van der Waals surface area contributed by atoms with E-state index in [1.165, 1.54) is 0 Å². The van der Waals surface area contributed by atoms with Crippen LogP contribution in [0.2, 0.25) is 0 Å². The minimum Gasteiger partial charge on any atom is -0.389 e. The van der Waals surface area contributed by atoms with Crippen LogP contribution in [0.25, 0.3) is 0 Å². The van der Waals surface area contributed by atoms with Gasteiger partial charge in [-0.2, -0.15) is 0 Å². The summed E-state index contributed by atoms with van der Waals surface area (Å²) in [4.78, 5) is 10.6. The first-order chi connectivity index (χ1) is 4.45. The minimum atomic E-state index is -0.804. The van der Waals surface area contributed by atoms with Crippen LogP contribution >= 0.6 is 22.6 Å². The highest BCUT2D eigenvalue weighted by atomic mass is 127. The van der Waals surface area contributed by atoms with E-state index in [2.05, 4.69) is 5.32 Å². The Labute approximate surface area is 74.3 Å². The molecular formula is C6H12INO2. The van der Waals surface area contributed by atoms with E-state index in [-0.39, 0.29) is 5.91 Å². The van der Waals surface area contributed by atoms with E-state index in [0.717, 1.165) is 0 Å². The summed E-state index contributed by atoms with van der Waals surface area (Å²) in [5.41, 5.74) is -0.804. The first kappa shape index (κ1) is 10.2. The Kier molecular flexibility index (Phi) is 4.19. The van der Waals surface area contributed by atoms with E-state index in [0.29, 0.717) is 11.0 Å². The van der Waals surface area contributed by atoms with Gasteiger partial charge in [0.1, 0.15) is 0 Å². The molecule has 0 radical (unpaired) electrons. The van der Waals surface area contributed by atoms with Crippen molar-refractivity contribution in [1.29, 1.82) is 0 Å². The lowest BCUT2D eigenvalue weighted by Crippen LogP contribution is -2.38. The topological polar surface area (TPSA) is 49.3 Å². The summed E-state index contributed by atoms with van der Waals surface area (Å²) < 4.78 is 0.438. The Hall–Kier alpha value is 0.160. The molecule has 0 bridgehead atoms. The smallest absolute Gasteiger partial charge is 0.229 e. The monoisotopic (exact) mass is 257 g/mol. The lowest BCUT2D eigenvalue weighted by molar-refractivity contribution is -0.119. The predicted molar refractivity (Wildman–Crippen MR) is 48.2 cm³/mol. The molecule has 1 amide bonds. The van der Waals surface area contributed by atoms with Crippen LogP contribution in [-0.4, -0.2) is 27.6 Å². The van der Waals surface area contributed by atoms with E-state index < -0.39 is 5.60 Å². The molecule has 4 heteroatoms. The largest absolute Gasteiger partial charge is 0.389 e.